The zero-order valence-corrected chi connectivity index (χ0v) is 11.8. The molecule has 1 heterocycles. The molecule has 112 valence electrons. The molecule has 0 saturated heterocycles. The van der Waals surface area contributed by atoms with Gasteiger partial charge in [-0.25, -0.2) is 4.79 Å². The standard InChI is InChI=1S/C15H14F3NO2/c1-14(2,3)21-13(20)9-4-5-12-10(6-9)7-11(8-19-12)15(16,17)18/h4-8H,1-3H3. The highest BCUT2D eigenvalue weighted by molar-refractivity contribution is 5.94. The number of halogens is 3. The summed E-state index contributed by atoms with van der Waals surface area (Å²) in [7, 11) is 0. The lowest BCUT2D eigenvalue weighted by Gasteiger charge is -2.19. The number of benzene rings is 1. The van der Waals surface area contributed by atoms with Crippen molar-refractivity contribution in [1.82, 2.24) is 4.98 Å². The number of hydrogen-bond donors (Lipinski definition) is 0. The number of nitrogens with zero attached hydrogens (tertiary/aromatic N) is 1. The zero-order valence-electron chi connectivity index (χ0n) is 11.8. The summed E-state index contributed by atoms with van der Waals surface area (Å²) in [5.41, 5.74) is -0.942. The predicted molar refractivity (Wildman–Crippen MR) is 71.9 cm³/mol. The van der Waals surface area contributed by atoms with Gasteiger partial charge in [-0.15, -0.1) is 0 Å². The quantitative estimate of drug-likeness (QED) is 0.740. The van der Waals surface area contributed by atoms with Crippen LogP contribution in [-0.2, 0) is 10.9 Å². The SMILES string of the molecule is CC(C)(C)OC(=O)c1ccc2ncc(C(F)(F)F)cc2c1. The van der Waals surface area contributed by atoms with Crippen molar-refractivity contribution in [2.24, 2.45) is 0 Å². The molecule has 6 heteroatoms. The molecule has 0 aliphatic heterocycles. The van der Waals surface area contributed by atoms with Crippen molar-refractivity contribution in [2.45, 2.75) is 32.5 Å². The van der Waals surface area contributed by atoms with Crippen LogP contribution in [0.5, 0.6) is 0 Å². The summed E-state index contributed by atoms with van der Waals surface area (Å²) in [5.74, 6) is -0.582. The summed E-state index contributed by atoms with van der Waals surface area (Å²) >= 11 is 0. The molecular weight excluding hydrogens is 283 g/mol. The van der Waals surface area contributed by atoms with Gasteiger partial charge >= 0.3 is 12.1 Å². The monoisotopic (exact) mass is 297 g/mol. The largest absolute Gasteiger partial charge is 0.456 e. The Bertz CT molecular complexity index is 687. The average molecular weight is 297 g/mol. The van der Waals surface area contributed by atoms with Gasteiger partial charge in [-0.2, -0.15) is 13.2 Å². The van der Waals surface area contributed by atoms with Crippen molar-refractivity contribution in [3.8, 4) is 0 Å². The maximum absolute atomic E-state index is 12.7. The van der Waals surface area contributed by atoms with Crippen LogP contribution < -0.4 is 0 Å². The molecule has 0 atom stereocenters. The lowest BCUT2D eigenvalue weighted by Crippen LogP contribution is -2.23. The first kappa shape index (κ1) is 15.3. The van der Waals surface area contributed by atoms with Crippen molar-refractivity contribution >= 4 is 16.9 Å². The van der Waals surface area contributed by atoms with Gasteiger partial charge in [-0.1, -0.05) is 0 Å². The number of esters is 1. The molecule has 1 aromatic heterocycles. The second-order valence-corrected chi connectivity index (χ2v) is 5.63. The predicted octanol–water partition coefficient (Wildman–Crippen LogP) is 4.21. The van der Waals surface area contributed by atoms with Crippen LogP contribution in [0.1, 0.15) is 36.7 Å². The van der Waals surface area contributed by atoms with Gasteiger partial charge in [0.15, 0.2) is 0 Å². The Morgan fingerprint density at radius 1 is 1.14 bits per heavy atom. The van der Waals surface area contributed by atoms with E-state index in [9.17, 15) is 18.0 Å². The van der Waals surface area contributed by atoms with E-state index < -0.39 is 23.3 Å². The van der Waals surface area contributed by atoms with Gasteiger partial charge in [0.1, 0.15) is 5.60 Å². The minimum absolute atomic E-state index is 0.193. The van der Waals surface area contributed by atoms with Crippen molar-refractivity contribution in [2.75, 3.05) is 0 Å². The van der Waals surface area contributed by atoms with Crippen molar-refractivity contribution in [3.05, 3.63) is 41.6 Å². The summed E-state index contributed by atoms with van der Waals surface area (Å²) < 4.78 is 43.2. The van der Waals surface area contributed by atoms with Gasteiger partial charge in [0, 0.05) is 11.6 Å². The molecule has 1 aromatic carbocycles. The third-order valence-corrected chi connectivity index (χ3v) is 2.64. The van der Waals surface area contributed by atoms with Crippen LogP contribution in [0.4, 0.5) is 13.2 Å². The van der Waals surface area contributed by atoms with Crippen LogP contribution in [-0.4, -0.2) is 16.6 Å². The number of rotatable bonds is 1. The molecule has 0 N–H and O–H groups in total. The lowest BCUT2D eigenvalue weighted by molar-refractivity contribution is -0.137. The maximum atomic E-state index is 12.7. The topological polar surface area (TPSA) is 39.2 Å². The molecule has 0 radical (unpaired) electrons. The maximum Gasteiger partial charge on any atom is 0.417 e. The Balaban J connectivity index is 2.42. The number of pyridine rings is 1. The van der Waals surface area contributed by atoms with E-state index in [1.54, 1.807) is 20.8 Å². The summed E-state index contributed by atoms with van der Waals surface area (Å²) in [6.45, 7) is 5.15. The molecule has 0 aliphatic carbocycles. The minimum Gasteiger partial charge on any atom is -0.456 e. The smallest absolute Gasteiger partial charge is 0.417 e. The number of hydrogen-bond acceptors (Lipinski definition) is 3. The van der Waals surface area contributed by atoms with E-state index in [0.717, 1.165) is 12.3 Å². The van der Waals surface area contributed by atoms with Gasteiger partial charge in [0.2, 0.25) is 0 Å². The van der Waals surface area contributed by atoms with E-state index in [2.05, 4.69) is 4.98 Å². The molecule has 21 heavy (non-hydrogen) atoms. The van der Waals surface area contributed by atoms with Crippen LogP contribution in [0, 0.1) is 0 Å². The summed E-state index contributed by atoms with van der Waals surface area (Å²) in [4.78, 5) is 15.7. The molecule has 2 rings (SSSR count). The van der Waals surface area contributed by atoms with Crippen LogP contribution in [0.15, 0.2) is 30.5 Å². The van der Waals surface area contributed by atoms with Crippen molar-refractivity contribution in [3.63, 3.8) is 0 Å². The van der Waals surface area contributed by atoms with Crippen LogP contribution >= 0.6 is 0 Å². The van der Waals surface area contributed by atoms with Crippen LogP contribution in [0.2, 0.25) is 0 Å². The highest BCUT2D eigenvalue weighted by Crippen LogP contribution is 2.30. The van der Waals surface area contributed by atoms with Gasteiger partial charge in [0.25, 0.3) is 0 Å². The molecule has 0 spiro atoms. The van der Waals surface area contributed by atoms with Gasteiger partial charge in [-0.05, 0) is 45.0 Å². The van der Waals surface area contributed by atoms with Crippen molar-refractivity contribution < 1.29 is 22.7 Å². The highest BCUT2D eigenvalue weighted by Gasteiger charge is 2.31. The third-order valence-electron chi connectivity index (χ3n) is 2.64. The van der Waals surface area contributed by atoms with E-state index in [0.29, 0.717) is 5.52 Å². The number of carbonyl (C=O) groups excluding carboxylic acids is 1. The number of aromatic nitrogens is 1. The Labute approximate surface area is 119 Å². The Morgan fingerprint density at radius 2 is 1.81 bits per heavy atom. The lowest BCUT2D eigenvalue weighted by atomic mass is 10.1. The fourth-order valence-corrected chi connectivity index (χ4v) is 1.75. The molecule has 0 fully saturated rings. The normalized spacial score (nSPS) is 12.5. The van der Waals surface area contributed by atoms with E-state index in [-0.39, 0.29) is 10.9 Å². The second kappa shape index (κ2) is 5.02. The summed E-state index contributed by atoms with van der Waals surface area (Å²) in [6, 6.07) is 5.30. The minimum atomic E-state index is -4.47. The Morgan fingerprint density at radius 3 is 2.38 bits per heavy atom. The molecule has 0 unspecified atom stereocenters. The average Bonchev–Trinajstić information content (AvgIpc) is 2.34. The summed E-state index contributed by atoms with van der Waals surface area (Å²) in [5, 5.41) is 0.244. The van der Waals surface area contributed by atoms with Gasteiger partial charge < -0.3 is 4.74 Å². The van der Waals surface area contributed by atoms with E-state index in [1.807, 2.05) is 0 Å². The molecule has 2 aromatic rings. The molecular formula is C15H14F3NO2. The van der Waals surface area contributed by atoms with E-state index >= 15 is 0 Å². The molecule has 0 saturated carbocycles. The van der Waals surface area contributed by atoms with E-state index in [4.69, 9.17) is 4.74 Å². The fourth-order valence-electron chi connectivity index (χ4n) is 1.75. The number of carbonyl (C=O) groups is 1. The zero-order chi connectivity index (χ0) is 15.8. The molecule has 0 amide bonds. The fraction of sp³-hybridized carbons (Fsp3) is 0.333. The second-order valence-electron chi connectivity index (χ2n) is 5.63. The Kier molecular flexibility index (Phi) is 3.65. The van der Waals surface area contributed by atoms with Crippen LogP contribution in [0.3, 0.4) is 0 Å². The third kappa shape index (κ3) is 3.71. The summed E-state index contributed by atoms with van der Waals surface area (Å²) in [6.07, 6.45) is -3.70. The first-order chi connectivity index (χ1) is 9.56. The molecule has 0 aliphatic rings. The molecule has 0 bridgehead atoms. The van der Waals surface area contributed by atoms with Crippen molar-refractivity contribution in [1.29, 1.82) is 0 Å². The molecule has 3 nitrogen and oxygen atoms in total. The van der Waals surface area contributed by atoms with Gasteiger partial charge in [0.05, 0.1) is 16.6 Å². The van der Waals surface area contributed by atoms with Gasteiger partial charge in [-0.3, -0.25) is 4.98 Å². The number of fused-ring (bicyclic) bond motifs is 1. The first-order valence-electron chi connectivity index (χ1n) is 6.27. The first-order valence-corrected chi connectivity index (χ1v) is 6.27. The highest BCUT2D eigenvalue weighted by atomic mass is 19.4. The van der Waals surface area contributed by atoms with Crippen LogP contribution in [0.25, 0.3) is 10.9 Å². The number of alkyl halides is 3. The van der Waals surface area contributed by atoms with E-state index in [1.165, 1.54) is 18.2 Å². The number of ether oxygens (including phenoxy) is 1. The Hall–Kier alpha value is -2.11.